The number of hydrogen-bond donors (Lipinski definition) is 3. The standard InChI is InChI=1S/C14H17FN2O3/c15-10-6-4-5-9(11(10)16)12(18)17-14(13(19)20)7-2-1-3-8-14/h4-6H,1-3,7-8,16H2,(H,17,18)(H,19,20). The summed E-state index contributed by atoms with van der Waals surface area (Å²) in [5.74, 6) is -2.39. The van der Waals surface area contributed by atoms with Crippen LogP contribution in [0.4, 0.5) is 10.1 Å². The molecule has 0 atom stereocenters. The lowest BCUT2D eigenvalue weighted by atomic mass is 9.81. The van der Waals surface area contributed by atoms with E-state index in [1.165, 1.54) is 12.1 Å². The molecule has 0 radical (unpaired) electrons. The van der Waals surface area contributed by atoms with E-state index in [1.54, 1.807) is 0 Å². The SMILES string of the molecule is Nc1c(F)cccc1C(=O)NC1(C(=O)O)CCCCC1. The Morgan fingerprint density at radius 2 is 1.90 bits per heavy atom. The fourth-order valence-electron chi connectivity index (χ4n) is 2.57. The molecule has 1 fully saturated rings. The second kappa shape index (κ2) is 5.48. The number of nitrogens with one attached hydrogen (secondary N) is 1. The Morgan fingerprint density at radius 1 is 1.25 bits per heavy atom. The number of benzene rings is 1. The molecular weight excluding hydrogens is 263 g/mol. The molecule has 0 heterocycles. The second-order valence-corrected chi connectivity index (χ2v) is 5.10. The molecule has 0 aliphatic heterocycles. The average molecular weight is 280 g/mol. The molecule has 20 heavy (non-hydrogen) atoms. The number of rotatable bonds is 3. The predicted molar refractivity (Wildman–Crippen MR) is 71.7 cm³/mol. The highest BCUT2D eigenvalue weighted by Crippen LogP contribution is 2.29. The van der Waals surface area contributed by atoms with Crippen molar-refractivity contribution in [2.24, 2.45) is 0 Å². The minimum Gasteiger partial charge on any atom is -0.480 e. The maximum Gasteiger partial charge on any atom is 0.329 e. The van der Waals surface area contributed by atoms with Crippen LogP contribution in [0, 0.1) is 5.82 Å². The monoisotopic (exact) mass is 280 g/mol. The normalized spacial score (nSPS) is 17.4. The third-order valence-corrected chi connectivity index (χ3v) is 3.77. The third kappa shape index (κ3) is 2.59. The van der Waals surface area contributed by atoms with Gasteiger partial charge in [0, 0.05) is 0 Å². The van der Waals surface area contributed by atoms with E-state index in [0.717, 1.165) is 25.3 Å². The molecular formula is C14H17FN2O3. The van der Waals surface area contributed by atoms with E-state index < -0.39 is 23.2 Å². The predicted octanol–water partition coefficient (Wildman–Crippen LogP) is 1.93. The van der Waals surface area contributed by atoms with Gasteiger partial charge in [0.25, 0.3) is 5.91 Å². The summed E-state index contributed by atoms with van der Waals surface area (Å²) in [5.41, 5.74) is 3.96. The van der Waals surface area contributed by atoms with Crippen molar-refractivity contribution in [3.05, 3.63) is 29.6 Å². The molecule has 1 aromatic rings. The number of hydrogen-bond acceptors (Lipinski definition) is 3. The topological polar surface area (TPSA) is 92.4 Å². The van der Waals surface area contributed by atoms with E-state index in [1.807, 2.05) is 0 Å². The first-order valence-electron chi connectivity index (χ1n) is 6.56. The number of carbonyl (C=O) groups excluding carboxylic acids is 1. The molecule has 0 unspecified atom stereocenters. The average Bonchev–Trinajstić information content (AvgIpc) is 2.42. The molecule has 0 aromatic heterocycles. The first-order valence-corrected chi connectivity index (χ1v) is 6.56. The van der Waals surface area contributed by atoms with Gasteiger partial charge in [-0.05, 0) is 25.0 Å². The molecule has 0 bridgehead atoms. The fraction of sp³-hybridized carbons (Fsp3) is 0.429. The Bertz CT molecular complexity index is 539. The zero-order valence-corrected chi connectivity index (χ0v) is 11.0. The van der Waals surface area contributed by atoms with E-state index in [2.05, 4.69) is 5.32 Å². The second-order valence-electron chi connectivity index (χ2n) is 5.10. The van der Waals surface area contributed by atoms with E-state index in [4.69, 9.17) is 5.73 Å². The zero-order chi connectivity index (χ0) is 14.8. The van der Waals surface area contributed by atoms with Crippen molar-refractivity contribution in [3.8, 4) is 0 Å². The molecule has 0 spiro atoms. The highest BCUT2D eigenvalue weighted by Gasteiger charge is 2.41. The number of carbonyl (C=O) groups is 2. The summed E-state index contributed by atoms with van der Waals surface area (Å²) in [6.45, 7) is 0. The van der Waals surface area contributed by atoms with Crippen LogP contribution in [0.2, 0.25) is 0 Å². The summed E-state index contributed by atoms with van der Waals surface area (Å²) in [7, 11) is 0. The number of nitrogen functional groups attached to an aromatic ring is 1. The van der Waals surface area contributed by atoms with E-state index in [-0.39, 0.29) is 11.3 Å². The van der Waals surface area contributed by atoms with Crippen LogP contribution in [0.15, 0.2) is 18.2 Å². The Labute approximate surface area is 116 Å². The van der Waals surface area contributed by atoms with Crippen molar-refractivity contribution in [2.45, 2.75) is 37.6 Å². The van der Waals surface area contributed by atoms with Gasteiger partial charge in [-0.3, -0.25) is 4.79 Å². The molecule has 0 saturated heterocycles. The number of carboxylic acid groups (broad SMARTS) is 1. The lowest BCUT2D eigenvalue weighted by Crippen LogP contribution is -2.55. The van der Waals surface area contributed by atoms with Gasteiger partial charge in [-0.1, -0.05) is 25.3 Å². The molecule has 108 valence electrons. The number of amides is 1. The van der Waals surface area contributed by atoms with Crippen molar-refractivity contribution in [1.29, 1.82) is 0 Å². The summed E-state index contributed by atoms with van der Waals surface area (Å²) in [5, 5.41) is 11.9. The van der Waals surface area contributed by atoms with Crippen molar-refractivity contribution >= 4 is 17.6 Å². The van der Waals surface area contributed by atoms with Crippen molar-refractivity contribution in [3.63, 3.8) is 0 Å². The summed E-state index contributed by atoms with van der Waals surface area (Å²) < 4.78 is 13.4. The highest BCUT2D eigenvalue weighted by atomic mass is 19.1. The summed E-state index contributed by atoms with van der Waals surface area (Å²) in [6.07, 6.45) is 3.19. The molecule has 1 aliphatic rings. The lowest BCUT2D eigenvalue weighted by Gasteiger charge is -2.34. The van der Waals surface area contributed by atoms with Gasteiger partial charge in [-0.2, -0.15) is 0 Å². The Kier molecular flexibility index (Phi) is 3.92. The molecule has 1 amide bonds. The maximum atomic E-state index is 13.4. The lowest BCUT2D eigenvalue weighted by molar-refractivity contribution is -0.145. The molecule has 5 nitrogen and oxygen atoms in total. The number of aliphatic carboxylic acids is 1. The third-order valence-electron chi connectivity index (χ3n) is 3.77. The van der Waals surface area contributed by atoms with Crippen LogP contribution in [0.1, 0.15) is 42.5 Å². The van der Waals surface area contributed by atoms with Crippen molar-refractivity contribution < 1.29 is 19.1 Å². The minimum absolute atomic E-state index is 0.0313. The van der Waals surface area contributed by atoms with Gasteiger partial charge < -0.3 is 16.2 Å². The van der Waals surface area contributed by atoms with Crippen LogP contribution in [-0.2, 0) is 4.79 Å². The molecule has 1 saturated carbocycles. The van der Waals surface area contributed by atoms with Crippen molar-refractivity contribution in [1.82, 2.24) is 5.32 Å². The van der Waals surface area contributed by atoms with Gasteiger partial charge in [0.15, 0.2) is 0 Å². The van der Waals surface area contributed by atoms with Crippen LogP contribution >= 0.6 is 0 Å². The van der Waals surface area contributed by atoms with E-state index in [9.17, 15) is 19.1 Å². The minimum atomic E-state index is -1.27. The van der Waals surface area contributed by atoms with Crippen LogP contribution in [0.25, 0.3) is 0 Å². The largest absolute Gasteiger partial charge is 0.480 e. The van der Waals surface area contributed by atoms with Gasteiger partial charge in [0.05, 0.1) is 11.3 Å². The fourth-order valence-corrected chi connectivity index (χ4v) is 2.57. The Balaban J connectivity index is 2.25. The van der Waals surface area contributed by atoms with Crippen LogP contribution in [-0.4, -0.2) is 22.5 Å². The van der Waals surface area contributed by atoms with Crippen molar-refractivity contribution in [2.75, 3.05) is 5.73 Å². The molecule has 2 rings (SSSR count). The molecule has 1 aromatic carbocycles. The first-order chi connectivity index (χ1) is 9.46. The Morgan fingerprint density at radius 3 is 2.50 bits per heavy atom. The van der Waals surface area contributed by atoms with Crippen LogP contribution in [0.3, 0.4) is 0 Å². The smallest absolute Gasteiger partial charge is 0.329 e. The van der Waals surface area contributed by atoms with E-state index >= 15 is 0 Å². The Hall–Kier alpha value is -2.11. The van der Waals surface area contributed by atoms with Gasteiger partial charge >= 0.3 is 5.97 Å². The highest BCUT2D eigenvalue weighted by molar-refractivity contribution is 6.01. The summed E-state index contributed by atoms with van der Waals surface area (Å²) in [4.78, 5) is 23.6. The summed E-state index contributed by atoms with van der Waals surface area (Å²) in [6, 6.07) is 3.90. The van der Waals surface area contributed by atoms with Gasteiger partial charge in [0.1, 0.15) is 11.4 Å². The summed E-state index contributed by atoms with van der Waals surface area (Å²) >= 11 is 0. The molecule has 6 heteroatoms. The molecule has 4 N–H and O–H groups in total. The first kappa shape index (κ1) is 14.3. The van der Waals surface area contributed by atoms with E-state index in [0.29, 0.717) is 12.8 Å². The van der Waals surface area contributed by atoms with Gasteiger partial charge in [-0.25, -0.2) is 9.18 Å². The van der Waals surface area contributed by atoms with Gasteiger partial charge in [0.2, 0.25) is 0 Å². The number of carboxylic acids is 1. The number of anilines is 1. The number of halogens is 1. The molecule has 1 aliphatic carbocycles. The van der Waals surface area contributed by atoms with Crippen LogP contribution in [0.5, 0.6) is 0 Å². The van der Waals surface area contributed by atoms with Crippen LogP contribution < -0.4 is 11.1 Å². The zero-order valence-electron chi connectivity index (χ0n) is 11.0. The maximum absolute atomic E-state index is 13.4. The van der Waals surface area contributed by atoms with Gasteiger partial charge in [-0.15, -0.1) is 0 Å². The number of nitrogens with two attached hydrogens (primary N) is 1. The number of para-hydroxylation sites is 1. The quantitative estimate of drug-likeness (QED) is 0.737.